The first kappa shape index (κ1) is 21.6. The molecule has 2 aromatic carbocycles. The fraction of sp³-hybridized carbons (Fsp3) is 0.333. The van der Waals surface area contributed by atoms with Gasteiger partial charge < -0.3 is 9.47 Å². The molecule has 0 aliphatic carbocycles. The Morgan fingerprint density at radius 1 is 1.04 bits per heavy atom. The van der Waals surface area contributed by atoms with Crippen LogP contribution in [0.25, 0.3) is 0 Å². The Kier molecular flexibility index (Phi) is 7.30. The fourth-order valence-electron chi connectivity index (χ4n) is 2.50. The normalized spacial score (nSPS) is 11.4. The van der Waals surface area contributed by atoms with Crippen molar-refractivity contribution >= 4 is 15.7 Å². The van der Waals surface area contributed by atoms with Gasteiger partial charge in [-0.15, -0.1) is 0 Å². The Labute approximate surface area is 162 Å². The molecule has 10 heteroatoms. The van der Waals surface area contributed by atoms with Gasteiger partial charge in [0.2, 0.25) is 10.0 Å². The highest BCUT2D eigenvalue weighted by atomic mass is 32.2. The molecule has 0 aliphatic heterocycles. The molecule has 0 radical (unpaired) electrons. The van der Waals surface area contributed by atoms with Crippen molar-refractivity contribution in [1.82, 2.24) is 4.31 Å². The van der Waals surface area contributed by atoms with Gasteiger partial charge in [0.15, 0.2) is 17.3 Å². The maximum Gasteiger partial charge on any atom is 0.312 e. The van der Waals surface area contributed by atoms with Crippen molar-refractivity contribution in [3.8, 4) is 11.5 Å². The molecule has 0 N–H and O–H groups in total. The fourth-order valence-corrected chi connectivity index (χ4v) is 3.98. The highest BCUT2D eigenvalue weighted by molar-refractivity contribution is 7.89. The number of nitrogens with zero attached hydrogens (tertiary/aromatic N) is 2. The Balaban J connectivity index is 2.13. The number of sulfonamides is 1. The molecule has 0 aromatic heterocycles. The molecule has 2 aromatic rings. The van der Waals surface area contributed by atoms with E-state index < -0.39 is 26.5 Å². The number of rotatable bonds is 10. The van der Waals surface area contributed by atoms with Gasteiger partial charge >= 0.3 is 5.69 Å². The van der Waals surface area contributed by atoms with Gasteiger partial charge in [-0.2, -0.15) is 4.31 Å². The molecule has 0 bridgehead atoms. The zero-order valence-electron chi connectivity index (χ0n) is 15.5. The Morgan fingerprint density at radius 3 is 2.21 bits per heavy atom. The van der Waals surface area contributed by atoms with Crippen molar-refractivity contribution in [2.24, 2.45) is 0 Å². The highest BCUT2D eigenvalue weighted by Gasteiger charge is 2.26. The zero-order chi connectivity index (χ0) is 20.7. The Morgan fingerprint density at radius 2 is 1.64 bits per heavy atom. The molecular formula is C18H21FN2O6S. The number of benzene rings is 2. The predicted octanol–water partition coefficient (Wildman–Crippen LogP) is 3.22. The van der Waals surface area contributed by atoms with Gasteiger partial charge in [0.25, 0.3) is 0 Å². The molecule has 152 valence electrons. The van der Waals surface area contributed by atoms with Crippen molar-refractivity contribution in [2.75, 3.05) is 26.3 Å². The summed E-state index contributed by atoms with van der Waals surface area (Å²) in [5.41, 5.74) is -0.473. The average molecular weight is 412 g/mol. The lowest BCUT2D eigenvalue weighted by Crippen LogP contribution is -2.30. The van der Waals surface area contributed by atoms with Crippen LogP contribution in [-0.4, -0.2) is 43.9 Å². The van der Waals surface area contributed by atoms with Crippen LogP contribution in [0.4, 0.5) is 10.1 Å². The zero-order valence-corrected chi connectivity index (χ0v) is 16.3. The van der Waals surface area contributed by atoms with Crippen molar-refractivity contribution in [3.05, 3.63) is 58.4 Å². The van der Waals surface area contributed by atoms with E-state index in [1.54, 1.807) is 19.9 Å². The molecule has 0 saturated carbocycles. The average Bonchev–Trinajstić information content (AvgIpc) is 2.67. The Bertz CT molecular complexity index is 931. The maximum atomic E-state index is 13.5. The third-order valence-corrected chi connectivity index (χ3v) is 5.95. The van der Waals surface area contributed by atoms with Crippen molar-refractivity contribution in [3.63, 3.8) is 0 Å². The molecule has 8 nitrogen and oxygen atoms in total. The summed E-state index contributed by atoms with van der Waals surface area (Å²) in [7, 11) is -3.83. The second-order valence-corrected chi connectivity index (χ2v) is 7.54. The number of halogens is 1. The standard InChI is InChI=1S/C18H21FN2O6S/c1-3-20(4-2)28(24,25)14-9-10-18(16(13-14)21(22)23)27-12-11-26-17-8-6-5-7-15(17)19/h5-10,13H,3-4,11-12H2,1-2H3. The quantitative estimate of drug-likeness (QED) is 0.338. The van der Waals surface area contributed by atoms with Crippen LogP contribution in [0.2, 0.25) is 0 Å². The van der Waals surface area contributed by atoms with Gasteiger partial charge in [-0.3, -0.25) is 10.1 Å². The van der Waals surface area contributed by atoms with E-state index in [9.17, 15) is 22.9 Å². The van der Waals surface area contributed by atoms with Gasteiger partial charge in [0, 0.05) is 19.2 Å². The van der Waals surface area contributed by atoms with E-state index in [4.69, 9.17) is 9.47 Å². The Hall–Kier alpha value is -2.72. The minimum Gasteiger partial charge on any atom is -0.487 e. The summed E-state index contributed by atoms with van der Waals surface area (Å²) in [4.78, 5) is 10.4. The molecule has 2 rings (SSSR count). The smallest absolute Gasteiger partial charge is 0.312 e. The number of hydrogen-bond acceptors (Lipinski definition) is 6. The summed E-state index contributed by atoms with van der Waals surface area (Å²) in [5, 5.41) is 11.3. The topological polar surface area (TPSA) is 99.0 Å². The van der Waals surface area contributed by atoms with E-state index in [0.717, 1.165) is 6.07 Å². The van der Waals surface area contributed by atoms with E-state index in [1.807, 2.05) is 0 Å². The lowest BCUT2D eigenvalue weighted by atomic mass is 10.3. The second kappa shape index (κ2) is 9.47. The lowest BCUT2D eigenvalue weighted by molar-refractivity contribution is -0.386. The molecule has 0 atom stereocenters. The lowest BCUT2D eigenvalue weighted by Gasteiger charge is -2.18. The van der Waals surface area contributed by atoms with E-state index in [0.29, 0.717) is 0 Å². The van der Waals surface area contributed by atoms with Crippen LogP contribution in [0.15, 0.2) is 47.4 Å². The van der Waals surface area contributed by atoms with E-state index in [-0.39, 0.29) is 42.7 Å². The van der Waals surface area contributed by atoms with Crippen LogP contribution in [0, 0.1) is 15.9 Å². The minimum absolute atomic E-state index is 0.0428. The van der Waals surface area contributed by atoms with E-state index in [1.165, 1.54) is 34.6 Å². The van der Waals surface area contributed by atoms with E-state index >= 15 is 0 Å². The first-order chi connectivity index (χ1) is 13.3. The molecule has 0 amide bonds. The molecular weight excluding hydrogens is 391 g/mol. The van der Waals surface area contributed by atoms with Crippen LogP contribution in [0.1, 0.15) is 13.8 Å². The number of nitro benzene ring substituents is 1. The molecule has 28 heavy (non-hydrogen) atoms. The molecule has 0 unspecified atom stereocenters. The molecule has 0 heterocycles. The van der Waals surface area contributed by atoms with E-state index in [2.05, 4.69) is 0 Å². The van der Waals surface area contributed by atoms with Crippen molar-refractivity contribution in [2.45, 2.75) is 18.7 Å². The van der Waals surface area contributed by atoms with Crippen LogP contribution in [-0.2, 0) is 10.0 Å². The molecule has 0 saturated heterocycles. The van der Waals surface area contributed by atoms with Crippen LogP contribution in [0.5, 0.6) is 11.5 Å². The number of para-hydroxylation sites is 1. The third-order valence-electron chi connectivity index (χ3n) is 3.91. The first-order valence-electron chi connectivity index (χ1n) is 8.60. The number of ether oxygens (including phenoxy) is 2. The third kappa shape index (κ3) is 4.96. The van der Waals surface area contributed by atoms with Crippen LogP contribution in [0.3, 0.4) is 0 Å². The molecule has 0 spiro atoms. The SMILES string of the molecule is CCN(CC)S(=O)(=O)c1ccc(OCCOc2ccccc2F)c([N+](=O)[O-])c1. The minimum atomic E-state index is -3.83. The highest BCUT2D eigenvalue weighted by Crippen LogP contribution is 2.31. The maximum absolute atomic E-state index is 13.5. The van der Waals surface area contributed by atoms with Gasteiger partial charge in [-0.25, -0.2) is 12.8 Å². The number of hydrogen-bond donors (Lipinski definition) is 0. The van der Waals surface area contributed by atoms with Crippen molar-refractivity contribution in [1.29, 1.82) is 0 Å². The summed E-state index contributed by atoms with van der Waals surface area (Å²) in [6.45, 7) is 3.73. The van der Waals surface area contributed by atoms with Gasteiger partial charge in [0.1, 0.15) is 13.2 Å². The van der Waals surface area contributed by atoms with Crippen LogP contribution >= 0.6 is 0 Å². The number of nitro groups is 1. The summed E-state index contributed by atoms with van der Waals surface area (Å²) >= 11 is 0. The van der Waals surface area contributed by atoms with Crippen molar-refractivity contribution < 1.29 is 27.2 Å². The van der Waals surface area contributed by atoms with Gasteiger partial charge in [0.05, 0.1) is 9.82 Å². The predicted molar refractivity (Wildman–Crippen MR) is 101 cm³/mol. The summed E-state index contributed by atoms with van der Waals surface area (Å²) in [5.74, 6) is -0.582. The van der Waals surface area contributed by atoms with Crippen LogP contribution < -0.4 is 9.47 Å². The van der Waals surface area contributed by atoms with Gasteiger partial charge in [-0.05, 0) is 24.3 Å². The summed E-state index contributed by atoms with van der Waals surface area (Å²) < 4.78 is 50.3. The second-order valence-electron chi connectivity index (χ2n) is 5.60. The summed E-state index contributed by atoms with van der Waals surface area (Å²) in [6.07, 6.45) is 0. The molecule has 0 fully saturated rings. The molecule has 0 aliphatic rings. The largest absolute Gasteiger partial charge is 0.487 e. The van der Waals surface area contributed by atoms with Gasteiger partial charge in [-0.1, -0.05) is 26.0 Å². The summed E-state index contributed by atoms with van der Waals surface area (Å²) in [6, 6.07) is 9.29. The monoisotopic (exact) mass is 412 g/mol. The first-order valence-corrected chi connectivity index (χ1v) is 10.0.